The highest BCUT2D eigenvalue weighted by Crippen LogP contribution is 2.23. The molecule has 1 aromatic heterocycles. The first-order chi connectivity index (χ1) is 8.35. The van der Waals surface area contributed by atoms with Crippen molar-refractivity contribution in [2.75, 3.05) is 13.1 Å². The topological polar surface area (TPSA) is 138 Å². The molecule has 0 spiro atoms. The Hall–Kier alpha value is -2.13. The number of carbonyl (C=O) groups excluding carboxylic acids is 1. The molecule has 1 aliphatic heterocycles. The van der Waals surface area contributed by atoms with Crippen molar-refractivity contribution in [3.8, 4) is 0 Å². The van der Waals surface area contributed by atoms with E-state index < -0.39 is 15.8 Å². The van der Waals surface area contributed by atoms with E-state index in [1.54, 1.807) is 0 Å². The Morgan fingerprint density at radius 2 is 1.78 bits per heavy atom. The summed E-state index contributed by atoms with van der Waals surface area (Å²) in [4.78, 5) is 11.1. The van der Waals surface area contributed by atoms with E-state index in [9.17, 15) is 20.4 Å². The minimum absolute atomic E-state index is 0.0190. The molecule has 0 radical (unpaired) electrons. The number of ketones is 1. The van der Waals surface area contributed by atoms with E-state index in [4.69, 9.17) is 10.8 Å². The van der Waals surface area contributed by atoms with Crippen molar-refractivity contribution in [3.05, 3.63) is 22.4 Å². The predicted octanol–water partition coefficient (Wildman–Crippen LogP) is -1.11. The number of piperidine rings is 1. The fourth-order valence-corrected chi connectivity index (χ4v) is 1.92. The van der Waals surface area contributed by atoms with Crippen LogP contribution in [0.15, 0.2) is 6.07 Å². The van der Waals surface area contributed by atoms with Gasteiger partial charge in [0.05, 0.1) is 32.0 Å². The lowest BCUT2D eigenvalue weighted by atomic mass is 10.1. The molecule has 1 aromatic rings. The predicted molar refractivity (Wildman–Crippen MR) is 57.6 cm³/mol. The second-order valence-electron chi connectivity index (χ2n) is 4.21. The molecule has 2 rings (SSSR count). The van der Waals surface area contributed by atoms with Crippen molar-refractivity contribution in [2.45, 2.75) is 12.8 Å². The maximum absolute atomic E-state index is 12.5. The molecule has 0 aromatic carbocycles. The van der Waals surface area contributed by atoms with Crippen molar-refractivity contribution >= 4 is 11.6 Å². The van der Waals surface area contributed by atoms with Gasteiger partial charge in [0.15, 0.2) is 5.49 Å². The van der Waals surface area contributed by atoms with Gasteiger partial charge in [0.25, 0.3) is 5.62 Å². The van der Waals surface area contributed by atoms with Gasteiger partial charge in [-0.1, -0.05) is 4.73 Å². The van der Waals surface area contributed by atoms with Crippen molar-refractivity contribution in [1.29, 1.82) is 10.8 Å². The van der Waals surface area contributed by atoms with Gasteiger partial charge in [-0.25, -0.2) is 0 Å². The minimum Gasteiger partial charge on any atom is -0.626 e. The third-order valence-corrected chi connectivity index (χ3v) is 3.03. The number of nitrogens with one attached hydrogen (secondary N) is 2. The summed E-state index contributed by atoms with van der Waals surface area (Å²) in [6, 6.07) is 0.987. The largest absolute Gasteiger partial charge is 0.626 e. The monoisotopic (exact) mass is 255 g/mol. The third kappa shape index (κ3) is 1.79. The van der Waals surface area contributed by atoms with Crippen LogP contribution in [-0.4, -0.2) is 38.7 Å². The maximum atomic E-state index is 12.5. The SMILES string of the molecule is N=c1cc([N+]2([O-])CCC(=O)CC2)n(O)c(=N)n1O. The quantitative estimate of drug-likeness (QED) is 0.287. The molecular formula is C9H13N5O4. The zero-order chi connectivity index (χ0) is 13.5. The molecule has 1 aliphatic rings. The van der Waals surface area contributed by atoms with Crippen molar-refractivity contribution < 1.29 is 15.2 Å². The van der Waals surface area contributed by atoms with E-state index >= 15 is 0 Å². The second kappa shape index (κ2) is 3.96. The van der Waals surface area contributed by atoms with E-state index in [1.165, 1.54) is 0 Å². The van der Waals surface area contributed by atoms with Crippen LogP contribution in [0.5, 0.6) is 0 Å². The van der Waals surface area contributed by atoms with Gasteiger partial charge in [-0.3, -0.25) is 15.6 Å². The number of aromatic nitrogens is 2. The number of hydrogen-bond donors (Lipinski definition) is 4. The molecular weight excluding hydrogens is 242 g/mol. The highest BCUT2D eigenvalue weighted by Gasteiger charge is 2.31. The molecule has 1 fully saturated rings. The van der Waals surface area contributed by atoms with Crippen LogP contribution in [0.3, 0.4) is 0 Å². The van der Waals surface area contributed by atoms with Crippen LogP contribution < -0.4 is 15.8 Å². The molecule has 0 saturated carbocycles. The van der Waals surface area contributed by atoms with E-state index in [1.807, 2.05) is 0 Å². The summed E-state index contributed by atoms with van der Waals surface area (Å²) in [5.41, 5.74) is -1.27. The number of hydroxylamine groups is 2. The highest BCUT2D eigenvalue weighted by molar-refractivity contribution is 5.80. The second-order valence-corrected chi connectivity index (χ2v) is 4.21. The lowest BCUT2D eigenvalue weighted by molar-refractivity contribution is -0.121. The molecule has 2 heterocycles. The van der Waals surface area contributed by atoms with Gasteiger partial charge in [0, 0.05) is 0 Å². The molecule has 1 saturated heterocycles. The lowest BCUT2D eigenvalue weighted by Crippen LogP contribution is -2.53. The summed E-state index contributed by atoms with van der Waals surface area (Å²) in [6.45, 7) is -0.0958. The van der Waals surface area contributed by atoms with Crippen molar-refractivity contribution in [3.63, 3.8) is 0 Å². The minimum atomic E-state index is -0.985. The van der Waals surface area contributed by atoms with Gasteiger partial charge < -0.3 is 20.3 Å². The average molecular weight is 255 g/mol. The van der Waals surface area contributed by atoms with Crippen LogP contribution in [0.1, 0.15) is 12.8 Å². The number of hydrogen-bond acceptors (Lipinski definition) is 6. The Bertz CT molecular complexity index is 606. The highest BCUT2D eigenvalue weighted by atomic mass is 16.6. The van der Waals surface area contributed by atoms with Crippen LogP contribution in [0.2, 0.25) is 0 Å². The van der Waals surface area contributed by atoms with E-state index in [0.29, 0.717) is 0 Å². The molecule has 0 atom stereocenters. The number of quaternary nitrogens is 1. The summed E-state index contributed by atoms with van der Waals surface area (Å²) in [6.07, 6.45) is 0.191. The Kier molecular flexibility index (Phi) is 2.71. The van der Waals surface area contributed by atoms with E-state index in [-0.39, 0.29) is 47.0 Å². The number of nitrogens with zero attached hydrogens (tertiary/aromatic N) is 3. The van der Waals surface area contributed by atoms with Crippen LogP contribution >= 0.6 is 0 Å². The van der Waals surface area contributed by atoms with Crippen LogP contribution in [-0.2, 0) is 4.79 Å². The molecule has 98 valence electrons. The third-order valence-electron chi connectivity index (χ3n) is 3.03. The van der Waals surface area contributed by atoms with Crippen LogP contribution in [0, 0.1) is 16.0 Å². The van der Waals surface area contributed by atoms with Crippen molar-refractivity contribution in [1.82, 2.24) is 14.1 Å². The van der Waals surface area contributed by atoms with Gasteiger partial charge in [-0.2, -0.15) is 0 Å². The van der Waals surface area contributed by atoms with Gasteiger partial charge in [0.1, 0.15) is 5.78 Å². The van der Waals surface area contributed by atoms with Gasteiger partial charge >= 0.3 is 0 Å². The summed E-state index contributed by atoms with van der Waals surface area (Å²) in [7, 11) is 0. The number of carbonyl (C=O) groups is 1. The summed E-state index contributed by atoms with van der Waals surface area (Å²) >= 11 is 0. The summed E-state index contributed by atoms with van der Waals surface area (Å²) in [5, 5.41) is 46.1. The lowest BCUT2D eigenvalue weighted by Gasteiger charge is -2.43. The molecule has 0 unspecified atom stereocenters. The Balaban J connectivity index is 2.55. The number of Topliss-reactive ketones (excluding diaryl/α,β-unsaturated/α-hetero) is 1. The molecule has 0 bridgehead atoms. The first-order valence-electron chi connectivity index (χ1n) is 5.32. The molecule has 9 nitrogen and oxygen atoms in total. The zero-order valence-corrected chi connectivity index (χ0v) is 9.46. The standard InChI is InChI=1S/C9H13N5O4/c10-7-5-8(13(17)9(11)12(7)16)14(18)3-1-6(15)2-4-14/h5,10-11,16-17H,1-4H2. The first kappa shape index (κ1) is 12.3. The van der Waals surface area contributed by atoms with Gasteiger partial charge in [0.2, 0.25) is 5.82 Å². The molecule has 9 heteroatoms. The zero-order valence-electron chi connectivity index (χ0n) is 9.46. The molecule has 18 heavy (non-hydrogen) atoms. The molecule has 4 N–H and O–H groups in total. The fraction of sp³-hybridized carbons (Fsp3) is 0.444. The Morgan fingerprint density at radius 1 is 1.22 bits per heavy atom. The van der Waals surface area contributed by atoms with Crippen LogP contribution in [0.25, 0.3) is 0 Å². The van der Waals surface area contributed by atoms with Crippen molar-refractivity contribution in [2.24, 2.45) is 0 Å². The van der Waals surface area contributed by atoms with Crippen LogP contribution in [0.4, 0.5) is 5.82 Å². The van der Waals surface area contributed by atoms with Gasteiger partial charge in [-0.15, -0.1) is 4.73 Å². The Labute approximate surface area is 101 Å². The normalized spacial score (nSPS) is 18.8. The summed E-state index contributed by atoms with van der Waals surface area (Å²) in [5.74, 6) is -0.253. The maximum Gasteiger partial charge on any atom is 0.277 e. The Morgan fingerprint density at radius 3 is 2.33 bits per heavy atom. The average Bonchev–Trinajstić information content (AvgIpc) is 2.35. The summed E-state index contributed by atoms with van der Waals surface area (Å²) < 4.78 is -0.605. The number of rotatable bonds is 1. The van der Waals surface area contributed by atoms with Gasteiger partial charge in [-0.05, 0) is 0 Å². The molecule has 0 aliphatic carbocycles. The molecule has 0 amide bonds. The fourth-order valence-electron chi connectivity index (χ4n) is 1.92. The van der Waals surface area contributed by atoms with E-state index in [0.717, 1.165) is 6.07 Å². The van der Waals surface area contributed by atoms with E-state index in [2.05, 4.69) is 0 Å². The first-order valence-corrected chi connectivity index (χ1v) is 5.32. The smallest absolute Gasteiger partial charge is 0.277 e.